The van der Waals surface area contributed by atoms with Crippen LogP contribution in [0.15, 0.2) is 59.0 Å². The third kappa shape index (κ3) is 4.14. The minimum atomic E-state index is -3.10. The maximum absolute atomic E-state index is 12.1. The largest absolute Gasteiger partial charge is 0.486 e. The van der Waals surface area contributed by atoms with Crippen LogP contribution >= 0.6 is 0 Å². The second-order valence-corrected chi connectivity index (χ2v) is 8.72. The Hall–Kier alpha value is -2.80. The second kappa shape index (κ2) is 7.08. The van der Waals surface area contributed by atoms with Gasteiger partial charge < -0.3 is 13.9 Å². The predicted octanol–water partition coefficient (Wildman–Crippen LogP) is 3.36. The average Bonchev–Trinajstić information content (AvgIpc) is 3.26. The van der Waals surface area contributed by atoms with Crippen LogP contribution in [0.3, 0.4) is 0 Å². The van der Waals surface area contributed by atoms with Gasteiger partial charge in [0, 0.05) is 0 Å². The van der Waals surface area contributed by atoms with Crippen molar-refractivity contribution in [3.8, 4) is 5.75 Å². The number of esters is 1. The number of benzene rings is 2. The molecule has 1 fully saturated rings. The summed E-state index contributed by atoms with van der Waals surface area (Å²) in [4.78, 5) is 12.1. The highest BCUT2D eigenvalue weighted by Crippen LogP contribution is 2.22. The van der Waals surface area contributed by atoms with Gasteiger partial charge in [0.15, 0.2) is 9.84 Å². The Morgan fingerprint density at radius 1 is 1.07 bits per heavy atom. The van der Waals surface area contributed by atoms with Crippen LogP contribution in [0, 0.1) is 0 Å². The van der Waals surface area contributed by atoms with Crippen molar-refractivity contribution in [1.29, 1.82) is 0 Å². The Bertz CT molecular complexity index is 1080. The molecular formula is C20H18O6S. The van der Waals surface area contributed by atoms with E-state index in [-0.39, 0.29) is 23.9 Å². The molecule has 0 amide bonds. The highest BCUT2D eigenvalue weighted by Gasteiger charge is 2.31. The number of carbonyl (C=O) groups is 1. The summed E-state index contributed by atoms with van der Waals surface area (Å²) in [6, 6.07) is 16.9. The van der Waals surface area contributed by atoms with E-state index in [0.29, 0.717) is 17.9 Å². The Kier molecular flexibility index (Phi) is 4.61. The number of rotatable bonds is 5. The van der Waals surface area contributed by atoms with Crippen molar-refractivity contribution in [2.45, 2.75) is 19.1 Å². The summed E-state index contributed by atoms with van der Waals surface area (Å²) >= 11 is 0. The van der Waals surface area contributed by atoms with Gasteiger partial charge in [-0.15, -0.1) is 0 Å². The molecule has 2 aromatic carbocycles. The molecule has 0 aliphatic carbocycles. The lowest BCUT2D eigenvalue weighted by Crippen LogP contribution is -2.19. The van der Waals surface area contributed by atoms with Gasteiger partial charge in [-0.3, -0.25) is 0 Å². The van der Waals surface area contributed by atoms with Crippen molar-refractivity contribution >= 4 is 26.6 Å². The van der Waals surface area contributed by atoms with Gasteiger partial charge in [-0.25, -0.2) is 13.2 Å². The standard InChI is InChI=1S/C20H18O6S/c21-20(26-18-9-10-27(22,23)13-18)19-8-7-17(25-19)12-24-16-6-5-14-3-1-2-4-15(14)11-16/h1-8,11,18H,9-10,12-13H2. The molecule has 1 atom stereocenters. The van der Waals surface area contributed by atoms with Crippen LogP contribution < -0.4 is 4.74 Å². The number of fused-ring (bicyclic) bond motifs is 1. The van der Waals surface area contributed by atoms with E-state index in [2.05, 4.69) is 0 Å². The molecule has 140 valence electrons. The van der Waals surface area contributed by atoms with Crippen molar-refractivity contribution in [2.24, 2.45) is 0 Å². The molecule has 1 aromatic heterocycles. The first-order valence-corrected chi connectivity index (χ1v) is 10.4. The van der Waals surface area contributed by atoms with Gasteiger partial charge in [-0.1, -0.05) is 30.3 Å². The number of hydrogen-bond donors (Lipinski definition) is 0. The van der Waals surface area contributed by atoms with E-state index in [4.69, 9.17) is 13.9 Å². The van der Waals surface area contributed by atoms with E-state index in [1.165, 1.54) is 6.07 Å². The molecule has 1 aliphatic rings. The smallest absolute Gasteiger partial charge is 0.374 e. The minimum Gasteiger partial charge on any atom is -0.486 e. The molecular weight excluding hydrogens is 368 g/mol. The molecule has 0 bridgehead atoms. The molecule has 7 heteroatoms. The Morgan fingerprint density at radius 3 is 2.67 bits per heavy atom. The van der Waals surface area contributed by atoms with Gasteiger partial charge in [0.05, 0.1) is 11.5 Å². The third-order valence-electron chi connectivity index (χ3n) is 4.43. The molecule has 0 saturated carbocycles. The van der Waals surface area contributed by atoms with Crippen molar-refractivity contribution in [3.05, 3.63) is 66.1 Å². The summed E-state index contributed by atoms with van der Waals surface area (Å²) in [7, 11) is -3.10. The van der Waals surface area contributed by atoms with Gasteiger partial charge in [0.1, 0.15) is 24.2 Å². The fraction of sp³-hybridized carbons (Fsp3) is 0.250. The fourth-order valence-electron chi connectivity index (χ4n) is 3.04. The van der Waals surface area contributed by atoms with Crippen LogP contribution in [0.1, 0.15) is 22.7 Å². The summed E-state index contributed by atoms with van der Waals surface area (Å²) in [5, 5.41) is 2.20. The van der Waals surface area contributed by atoms with E-state index in [0.717, 1.165) is 10.8 Å². The molecule has 27 heavy (non-hydrogen) atoms. The molecule has 0 spiro atoms. The van der Waals surface area contributed by atoms with Crippen molar-refractivity contribution < 1.29 is 27.1 Å². The van der Waals surface area contributed by atoms with E-state index in [1.54, 1.807) is 6.07 Å². The first-order chi connectivity index (χ1) is 13.0. The molecule has 4 rings (SSSR count). The SMILES string of the molecule is O=C(OC1CCS(=O)(=O)C1)c1ccc(COc2ccc3ccccc3c2)o1. The van der Waals surface area contributed by atoms with Gasteiger partial charge in [-0.05, 0) is 41.5 Å². The van der Waals surface area contributed by atoms with Crippen LogP contribution in [0.2, 0.25) is 0 Å². The Labute approximate surface area is 156 Å². The quantitative estimate of drug-likeness (QED) is 0.626. The van der Waals surface area contributed by atoms with Gasteiger partial charge in [-0.2, -0.15) is 0 Å². The van der Waals surface area contributed by atoms with Crippen molar-refractivity contribution in [3.63, 3.8) is 0 Å². The predicted molar refractivity (Wildman–Crippen MR) is 99.5 cm³/mol. The van der Waals surface area contributed by atoms with Crippen LogP contribution in [0.5, 0.6) is 5.75 Å². The van der Waals surface area contributed by atoms with Crippen LogP contribution in [-0.2, 0) is 21.2 Å². The number of ether oxygens (including phenoxy) is 2. The van der Waals surface area contributed by atoms with Gasteiger partial charge in [0.2, 0.25) is 5.76 Å². The molecule has 1 saturated heterocycles. The van der Waals surface area contributed by atoms with E-state index in [1.807, 2.05) is 42.5 Å². The maximum atomic E-state index is 12.1. The summed E-state index contributed by atoms with van der Waals surface area (Å²) in [6.07, 6.45) is -0.280. The molecule has 0 radical (unpaired) electrons. The first-order valence-electron chi connectivity index (χ1n) is 8.60. The second-order valence-electron chi connectivity index (χ2n) is 6.49. The molecule has 1 unspecified atom stereocenters. The van der Waals surface area contributed by atoms with Crippen LogP contribution in [0.25, 0.3) is 10.8 Å². The average molecular weight is 386 g/mol. The summed E-state index contributed by atoms with van der Waals surface area (Å²) < 4.78 is 39.3. The lowest BCUT2D eigenvalue weighted by atomic mass is 10.1. The Morgan fingerprint density at radius 2 is 1.89 bits per heavy atom. The zero-order valence-electron chi connectivity index (χ0n) is 14.5. The zero-order chi connectivity index (χ0) is 18.9. The third-order valence-corrected chi connectivity index (χ3v) is 6.17. The summed E-state index contributed by atoms with van der Waals surface area (Å²) in [5.74, 6) is 0.482. The monoisotopic (exact) mass is 386 g/mol. The highest BCUT2D eigenvalue weighted by molar-refractivity contribution is 7.91. The lowest BCUT2D eigenvalue weighted by molar-refractivity contribution is 0.0316. The highest BCUT2D eigenvalue weighted by atomic mass is 32.2. The normalized spacial score (nSPS) is 18.4. The van der Waals surface area contributed by atoms with E-state index >= 15 is 0 Å². The minimum absolute atomic E-state index is 0.0383. The maximum Gasteiger partial charge on any atom is 0.374 e. The molecule has 6 nitrogen and oxygen atoms in total. The fourth-order valence-corrected chi connectivity index (χ4v) is 4.63. The first kappa shape index (κ1) is 17.6. The van der Waals surface area contributed by atoms with Gasteiger partial charge >= 0.3 is 5.97 Å². The van der Waals surface area contributed by atoms with E-state index < -0.39 is 21.9 Å². The molecule has 3 aromatic rings. The lowest BCUT2D eigenvalue weighted by Gasteiger charge is -2.08. The molecule has 0 N–H and O–H groups in total. The number of hydrogen-bond acceptors (Lipinski definition) is 6. The van der Waals surface area contributed by atoms with Crippen molar-refractivity contribution in [2.75, 3.05) is 11.5 Å². The number of carbonyl (C=O) groups excluding carboxylic acids is 1. The summed E-state index contributed by atoms with van der Waals surface area (Å²) in [5.41, 5.74) is 0. The Balaban J connectivity index is 1.36. The van der Waals surface area contributed by atoms with Crippen LogP contribution in [-0.4, -0.2) is 32.0 Å². The van der Waals surface area contributed by atoms with Gasteiger partial charge in [0.25, 0.3) is 0 Å². The van der Waals surface area contributed by atoms with Crippen LogP contribution in [0.4, 0.5) is 0 Å². The topological polar surface area (TPSA) is 82.8 Å². The molecule has 2 heterocycles. The molecule has 1 aliphatic heterocycles. The number of sulfone groups is 1. The zero-order valence-corrected chi connectivity index (χ0v) is 15.3. The van der Waals surface area contributed by atoms with Crippen molar-refractivity contribution in [1.82, 2.24) is 0 Å². The van der Waals surface area contributed by atoms with E-state index in [9.17, 15) is 13.2 Å². The number of furan rings is 1. The summed E-state index contributed by atoms with van der Waals surface area (Å²) in [6.45, 7) is 0.170.